The summed E-state index contributed by atoms with van der Waals surface area (Å²) in [6.45, 7) is 5.08. The Balaban J connectivity index is 0.00000261. The lowest BCUT2D eigenvalue weighted by Crippen LogP contribution is -2.43. The fraction of sp³-hybridized carbons (Fsp3) is 0.350. The van der Waals surface area contributed by atoms with Gasteiger partial charge in [0.05, 0.1) is 17.8 Å². The topological polar surface area (TPSA) is 88.3 Å². The summed E-state index contributed by atoms with van der Waals surface area (Å²) < 4.78 is 0. The number of benzene rings is 1. The summed E-state index contributed by atoms with van der Waals surface area (Å²) in [5, 5.41) is 2.86. The first kappa shape index (κ1) is 20.7. The van der Waals surface area contributed by atoms with Crippen molar-refractivity contribution < 1.29 is 9.59 Å². The molecule has 2 heterocycles. The fourth-order valence-electron chi connectivity index (χ4n) is 3.38. The third kappa shape index (κ3) is 5.20. The molecule has 1 aromatic heterocycles. The number of nitrogens with zero attached hydrogens (tertiary/aromatic N) is 2. The number of aromatic nitrogens is 1. The van der Waals surface area contributed by atoms with Gasteiger partial charge in [-0.15, -0.1) is 12.4 Å². The lowest BCUT2D eigenvalue weighted by molar-refractivity contribution is -0.121. The molecule has 1 atom stereocenters. The van der Waals surface area contributed by atoms with Gasteiger partial charge in [-0.3, -0.25) is 9.59 Å². The molecule has 27 heavy (non-hydrogen) atoms. The molecule has 3 N–H and O–H groups in total. The van der Waals surface area contributed by atoms with Crippen molar-refractivity contribution in [2.75, 3.05) is 24.1 Å². The van der Waals surface area contributed by atoms with Gasteiger partial charge in [-0.2, -0.15) is 0 Å². The first-order valence-electron chi connectivity index (χ1n) is 8.82. The molecule has 2 amide bonds. The second kappa shape index (κ2) is 8.86. The number of carbonyl (C=O) groups excluding carboxylic acids is 2. The van der Waals surface area contributed by atoms with Crippen molar-refractivity contribution >= 4 is 35.7 Å². The van der Waals surface area contributed by atoms with Gasteiger partial charge in [0.25, 0.3) is 5.91 Å². The molecule has 0 spiro atoms. The number of nitrogens with two attached hydrogens (primary N) is 1. The van der Waals surface area contributed by atoms with E-state index >= 15 is 0 Å². The average molecular weight is 389 g/mol. The quantitative estimate of drug-likeness (QED) is 0.845. The van der Waals surface area contributed by atoms with Crippen molar-refractivity contribution in [2.24, 2.45) is 5.92 Å². The number of likely N-dealkylation sites (tertiary alicyclic amines) is 1. The van der Waals surface area contributed by atoms with E-state index in [1.807, 2.05) is 32.0 Å². The van der Waals surface area contributed by atoms with Crippen LogP contribution in [0.3, 0.4) is 0 Å². The molecular weight excluding hydrogens is 364 g/mol. The van der Waals surface area contributed by atoms with Gasteiger partial charge in [-0.05, 0) is 51.0 Å². The Morgan fingerprint density at radius 1 is 1.19 bits per heavy atom. The van der Waals surface area contributed by atoms with Crippen LogP contribution in [0.1, 0.15) is 34.3 Å². The Kier molecular flexibility index (Phi) is 6.80. The number of carbonyl (C=O) groups is 2. The molecule has 0 radical (unpaired) electrons. The smallest absolute Gasteiger partial charge is 0.253 e. The number of amides is 2. The highest BCUT2D eigenvalue weighted by Gasteiger charge is 2.29. The third-order valence-corrected chi connectivity index (χ3v) is 4.60. The molecule has 1 aliphatic rings. The van der Waals surface area contributed by atoms with Crippen LogP contribution in [0, 0.1) is 19.8 Å². The number of nitrogens with one attached hydrogen (secondary N) is 1. The van der Waals surface area contributed by atoms with Gasteiger partial charge in [-0.1, -0.05) is 17.2 Å². The molecule has 0 aliphatic carbocycles. The summed E-state index contributed by atoms with van der Waals surface area (Å²) in [4.78, 5) is 31.2. The normalized spacial score (nSPS) is 16.4. The van der Waals surface area contributed by atoms with Crippen LogP contribution < -0.4 is 11.1 Å². The van der Waals surface area contributed by atoms with Crippen molar-refractivity contribution in [1.82, 2.24) is 9.88 Å². The van der Waals surface area contributed by atoms with Crippen molar-refractivity contribution in [3.05, 3.63) is 53.2 Å². The Labute approximate surface area is 165 Å². The molecule has 3 rings (SSSR count). The molecule has 0 saturated carbocycles. The fourth-order valence-corrected chi connectivity index (χ4v) is 3.38. The first-order valence-corrected chi connectivity index (χ1v) is 8.82. The van der Waals surface area contributed by atoms with E-state index in [1.54, 1.807) is 17.0 Å². The lowest BCUT2D eigenvalue weighted by Gasteiger charge is -2.32. The maximum Gasteiger partial charge on any atom is 0.253 e. The van der Waals surface area contributed by atoms with Crippen LogP contribution in [-0.4, -0.2) is 34.8 Å². The molecule has 1 fully saturated rings. The van der Waals surface area contributed by atoms with Crippen LogP contribution in [0.5, 0.6) is 0 Å². The summed E-state index contributed by atoms with van der Waals surface area (Å²) >= 11 is 0. The molecule has 7 heteroatoms. The van der Waals surface area contributed by atoms with Crippen LogP contribution in [0.25, 0.3) is 0 Å². The molecular formula is C20H25ClN4O2. The van der Waals surface area contributed by atoms with Crippen LogP contribution >= 0.6 is 12.4 Å². The van der Waals surface area contributed by atoms with E-state index in [0.29, 0.717) is 30.2 Å². The Morgan fingerprint density at radius 3 is 2.52 bits per heavy atom. The molecule has 144 valence electrons. The second-order valence-corrected chi connectivity index (χ2v) is 6.93. The summed E-state index contributed by atoms with van der Waals surface area (Å²) in [6.07, 6.45) is 3.12. The zero-order valence-electron chi connectivity index (χ0n) is 15.6. The SMILES string of the molecule is Cc1cc(C)cc(C(=O)N2CCCC(C(=O)Nc3ccc(N)nc3)C2)c1.Cl. The van der Waals surface area contributed by atoms with Crippen LogP contribution in [0.4, 0.5) is 11.5 Å². The maximum atomic E-state index is 12.8. The molecule has 1 saturated heterocycles. The van der Waals surface area contributed by atoms with Crippen molar-refractivity contribution in [2.45, 2.75) is 26.7 Å². The number of aryl methyl sites for hydroxylation is 2. The monoisotopic (exact) mass is 388 g/mol. The standard InChI is InChI=1S/C20H24N4O2.ClH/c1-13-8-14(2)10-16(9-13)20(26)24-7-3-4-15(12-24)19(25)23-17-5-6-18(21)22-11-17;/h5-6,8-11,15H,3-4,7,12H2,1-2H3,(H2,21,22)(H,23,25);1H. The average Bonchev–Trinajstić information content (AvgIpc) is 2.62. The highest BCUT2D eigenvalue weighted by atomic mass is 35.5. The van der Waals surface area contributed by atoms with Crippen LogP contribution in [-0.2, 0) is 4.79 Å². The van der Waals surface area contributed by atoms with E-state index in [1.165, 1.54) is 6.20 Å². The minimum Gasteiger partial charge on any atom is -0.384 e. The van der Waals surface area contributed by atoms with Crippen molar-refractivity contribution in [1.29, 1.82) is 0 Å². The minimum absolute atomic E-state index is 0. The number of anilines is 2. The largest absolute Gasteiger partial charge is 0.384 e. The molecule has 2 aromatic rings. The molecule has 1 aliphatic heterocycles. The van der Waals surface area contributed by atoms with Crippen molar-refractivity contribution in [3.63, 3.8) is 0 Å². The van der Waals surface area contributed by atoms with Crippen molar-refractivity contribution in [3.8, 4) is 0 Å². The van der Waals surface area contributed by atoms with Crippen LogP contribution in [0.2, 0.25) is 0 Å². The number of hydrogen-bond donors (Lipinski definition) is 2. The summed E-state index contributed by atoms with van der Waals surface area (Å²) in [5.41, 5.74) is 8.99. The number of pyridine rings is 1. The number of hydrogen-bond acceptors (Lipinski definition) is 4. The van der Waals surface area contributed by atoms with E-state index in [2.05, 4.69) is 10.3 Å². The first-order chi connectivity index (χ1) is 12.4. The van der Waals surface area contributed by atoms with Gasteiger partial charge >= 0.3 is 0 Å². The number of piperidine rings is 1. The van der Waals surface area contributed by atoms with E-state index in [9.17, 15) is 9.59 Å². The summed E-state index contributed by atoms with van der Waals surface area (Å²) in [7, 11) is 0. The van der Waals surface area contributed by atoms with E-state index in [-0.39, 0.29) is 30.1 Å². The predicted octanol–water partition coefficient (Wildman–Crippen LogP) is 3.19. The van der Waals surface area contributed by atoms with E-state index < -0.39 is 0 Å². The Hall–Kier alpha value is -2.60. The molecule has 0 bridgehead atoms. The van der Waals surface area contributed by atoms with E-state index in [4.69, 9.17) is 5.73 Å². The number of halogens is 1. The highest BCUT2D eigenvalue weighted by molar-refractivity contribution is 5.96. The predicted molar refractivity (Wildman–Crippen MR) is 109 cm³/mol. The lowest BCUT2D eigenvalue weighted by atomic mass is 9.96. The summed E-state index contributed by atoms with van der Waals surface area (Å²) in [6, 6.07) is 9.22. The minimum atomic E-state index is -0.226. The Morgan fingerprint density at radius 2 is 1.89 bits per heavy atom. The van der Waals surface area contributed by atoms with Gasteiger partial charge in [0.1, 0.15) is 5.82 Å². The van der Waals surface area contributed by atoms with Gasteiger partial charge in [0.15, 0.2) is 0 Å². The third-order valence-electron chi connectivity index (χ3n) is 4.60. The maximum absolute atomic E-state index is 12.8. The van der Waals surface area contributed by atoms with Gasteiger partial charge in [-0.25, -0.2) is 4.98 Å². The van der Waals surface area contributed by atoms with Gasteiger partial charge in [0, 0.05) is 18.7 Å². The zero-order valence-corrected chi connectivity index (χ0v) is 16.4. The highest BCUT2D eigenvalue weighted by Crippen LogP contribution is 2.21. The number of nitrogen functional groups attached to an aromatic ring is 1. The van der Waals surface area contributed by atoms with Gasteiger partial charge in [0.2, 0.25) is 5.91 Å². The zero-order chi connectivity index (χ0) is 18.7. The summed E-state index contributed by atoms with van der Waals surface area (Å²) in [5.74, 6) is 0.0833. The number of rotatable bonds is 3. The second-order valence-electron chi connectivity index (χ2n) is 6.93. The van der Waals surface area contributed by atoms with Gasteiger partial charge < -0.3 is 16.0 Å². The molecule has 6 nitrogen and oxygen atoms in total. The molecule has 1 unspecified atom stereocenters. The van der Waals surface area contributed by atoms with E-state index in [0.717, 1.165) is 24.0 Å². The van der Waals surface area contributed by atoms with Crippen LogP contribution in [0.15, 0.2) is 36.5 Å². The molecule has 1 aromatic carbocycles. The Bertz CT molecular complexity index is 803.